The molecule has 110 valence electrons. The van der Waals surface area contributed by atoms with Crippen LogP contribution in [0.5, 0.6) is 5.75 Å². The highest BCUT2D eigenvalue weighted by molar-refractivity contribution is 7.14. The van der Waals surface area contributed by atoms with Gasteiger partial charge < -0.3 is 4.74 Å². The average Bonchev–Trinajstić information content (AvgIpc) is 3.05. The van der Waals surface area contributed by atoms with Crippen LogP contribution in [0.15, 0.2) is 59.3 Å². The maximum atomic E-state index is 5.23. The zero-order chi connectivity index (χ0) is 15.2. The zero-order valence-electron chi connectivity index (χ0n) is 11.9. The number of ether oxygens (including phenoxy) is 1. The van der Waals surface area contributed by atoms with Gasteiger partial charge in [-0.25, -0.2) is 4.98 Å². The summed E-state index contributed by atoms with van der Waals surface area (Å²) in [5.74, 6) is 0.815. The van der Waals surface area contributed by atoms with Gasteiger partial charge in [-0.05, 0) is 29.8 Å². The van der Waals surface area contributed by atoms with E-state index in [9.17, 15) is 0 Å². The summed E-state index contributed by atoms with van der Waals surface area (Å²) in [7, 11) is 1.65. The monoisotopic (exact) mass is 310 g/mol. The summed E-state index contributed by atoms with van der Waals surface area (Å²) in [6.45, 7) is 0. The molecule has 0 fully saturated rings. The van der Waals surface area contributed by atoms with Gasteiger partial charge in [0, 0.05) is 23.3 Å². The van der Waals surface area contributed by atoms with Crippen molar-refractivity contribution in [1.29, 1.82) is 0 Å². The fourth-order valence-electron chi connectivity index (χ4n) is 1.85. The Labute approximate surface area is 132 Å². The van der Waals surface area contributed by atoms with Gasteiger partial charge in [-0.3, -0.25) is 10.4 Å². The fourth-order valence-corrected chi connectivity index (χ4v) is 2.52. The molecule has 1 N–H and O–H groups in total. The van der Waals surface area contributed by atoms with Gasteiger partial charge in [-0.1, -0.05) is 12.1 Å². The summed E-state index contributed by atoms with van der Waals surface area (Å²) in [5, 5.41) is 6.90. The third kappa shape index (κ3) is 3.48. The number of hydrazone groups is 1. The topological polar surface area (TPSA) is 59.4 Å². The fraction of sp³-hybridized carbons (Fsp3) is 0.0625. The Kier molecular flexibility index (Phi) is 4.41. The van der Waals surface area contributed by atoms with Crippen molar-refractivity contribution in [2.24, 2.45) is 5.10 Å². The van der Waals surface area contributed by atoms with Gasteiger partial charge in [0.15, 0.2) is 0 Å². The molecule has 0 aliphatic carbocycles. The zero-order valence-corrected chi connectivity index (χ0v) is 12.7. The summed E-state index contributed by atoms with van der Waals surface area (Å²) < 4.78 is 5.23. The van der Waals surface area contributed by atoms with Crippen molar-refractivity contribution in [3.63, 3.8) is 0 Å². The van der Waals surface area contributed by atoms with Crippen LogP contribution >= 0.6 is 11.3 Å². The van der Waals surface area contributed by atoms with E-state index in [1.165, 1.54) is 11.3 Å². The molecule has 0 bridgehead atoms. The molecule has 3 rings (SSSR count). The van der Waals surface area contributed by atoms with Crippen molar-refractivity contribution in [1.82, 2.24) is 9.97 Å². The molecule has 0 unspecified atom stereocenters. The predicted octanol–water partition coefficient (Wildman–Crippen LogP) is 3.66. The number of hydrogen-bond donors (Lipinski definition) is 1. The second-order valence-electron chi connectivity index (χ2n) is 4.42. The third-order valence-corrected chi connectivity index (χ3v) is 3.70. The molecule has 0 aliphatic rings. The minimum absolute atomic E-state index is 0.739. The van der Waals surface area contributed by atoms with Crippen LogP contribution < -0.4 is 10.2 Å². The van der Waals surface area contributed by atoms with E-state index in [4.69, 9.17) is 4.74 Å². The molecule has 22 heavy (non-hydrogen) atoms. The Balaban J connectivity index is 1.70. The second kappa shape index (κ2) is 6.82. The van der Waals surface area contributed by atoms with Gasteiger partial charge in [-0.2, -0.15) is 5.10 Å². The lowest BCUT2D eigenvalue weighted by Crippen LogP contribution is -1.90. The second-order valence-corrected chi connectivity index (χ2v) is 5.28. The molecule has 2 aromatic heterocycles. The molecule has 6 heteroatoms. The molecule has 0 amide bonds. The third-order valence-electron chi connectivity index (χ3n) is 2.95. The van der Waals surface area contributed by atoms with E-state index in [1.807, 2.05) is 41.8 Å². The van der Waals surface area contributed by atoms with Gasteiger partial charge in [0.25, 0.3) is 0 Å². The van der Waals surface area contributed by atoms with Crippen LogP contribution in [-0.2, 0) is 0 Å². The van der Waals surface area contributed by atoms with Crippen molar-refractivity contribution >= 4 is 22.7 Å². The van der Waals surface area contributed by atoms with E-state index in [0.29, 0.717) is 0 Å². The maximum absolute atomic E-state index is 5.23. The lowest BCUT2D eigenvalue weighted by Gasteiger charge is -2.01. The number of hydrogen-bond acceptors (Lipinski definition) is 6. The molecule has 0 saturated heterocycles. The number of pyridine rings is 1. The standard InChI is InChI=1S/C16H14N4OS/c1-21-14-4-2-3-13(9-14)15-11-22-16(19-15)20-18-10-12-5-7-17-8-6-12/h2-11H,1H3,(H,19,20)/b18-10+. The van der Waals surface area contributed by atoms with Gasteiger partial charge in [0.2, 0.25) is 5.13 Å². The van der Waals surface area contributed by atoms with Gasteiger partial charge >= 0.3 is 0 Å². The first-order valence-corrected chi connectivity index (χ1v) is 7.52. The molecule has 5 nitrogen and oxygen atoms in total. The summed E-state index contributed by atoms with van der Waals surface area (Å²) in [4.78, 5) is 8.47. The van der Waals surface area contributed by atoms with Crippen LogP contribution in [-0.4, -0.2) is 23.3 Å². The molecule has 2 heterocycles. The van der Waals surface area contributed by atoms with E-state index < -0.39 is 0 Å². The van der Waals surface area contributed by atoms with E-state index in [1.54, 1.807) is 25.7 Å². The molecule has 0 aliphatic heterocycles. The molecule has 0 radical (unpaired) electrons. The normalized spacial score (nSPS) is 10.8. The number of aromatic nitrogens is 2. The van der Waals surface area contributed by atoms with E-state index in [0.717, 1.165) is 27.7 Å². The van der Waals surface area contributed by atoms with Gasteiger partial charge in [0.1, 0.15) is 5.75 Å². The number of benzene rings is 1. The van der Waals surface area contributed by atoms with Crippen molar-refractivity contribution in [2.45, 2.75) is 0 Å². The van der Waals surface area contributed by atoms with Crippen LogP contribution in [0.25, 0.3) is 11.3 Å². The lowest BCUT2D eigenvalue weighted by atomic mass is 10.2. The predicted molar refractivity (Wildman–Crippen MR) is 89.6 cm³/mol. The molecule has 0 atom stereocenters. The van der Waals surface area contributed by atoms with Crippen LogP contribution in [0.3, 0.4) is 0 Å². The van der Waals surface area contributed by atoms with Crippen LogP contribution in [0, 0.1) is 0 Å². The molecule has 0 spiro atoms. The number of rotatable bonds is 5. The van der Waals surface area contributed by atoms with Crippen molar-refractivity contribution in [3.05, 3.63) is 59.7 Å². The van der Waals surface area contributed by atoms with Crippen molar-refractivity contribution in [2.75, 3.05) is 12.5 Å². The van der Waals surface area contributed by atoms with E-state index in [2.05, 4.69) is 20.5 Å². The van der Waals surface area contributed by atoms with Gasteiger partial charge in [-0.15, -0.1) is 11.3 Å². The van der Waals surface area contributed by atoms with E-state index >= 15 is 0 Å². The Bertz CT molecular complexity index is 771. The van der Waals surface area contributed by atoms with Crippen LogP contribution in [0.1, 0.15) is 5.56 Å². The highest BCUT2D eigenvalue weighted by Crippen LogP contribution is 2.27. The number of nitrogens with one attached hydrogen (secondary N) is 1. The van der Waals surface area contributed by atoms with Crippen LogP contribution in [0.2, 0.25) is 0 Å². The van der Waals surface area contributed by atoms with Gasteiger partial charge in [0.05, 0.1) is 19.0 Å². The average molecular weight is 310 g/mol. The van der Waals surface area contributed by atoms with E-state index in [-0.39, 0.29) is 0 Å². The highest BCUT2D eigenvalue weighted by Gasteiger charge is 2.04. The minimum Gasteiger partial charge on any atom is -0.497 e. The number of anilines is 1. The molecule has 3 aromatic rings. The first-order chi connectivity index (χ1) is 10.8. The molecule has 1 aromatic carbocycles. The lowest BCUT2D eigenvalue weighted by molar-refractivity contribution is 0.415. The molecular formula is C16H14N4OS. The van der Waals surface area contributed by atoms with Crippen LogP contribution in [0.4, 0.5) is 5.13 Å². The highest BCUT2D eigenvalue weighted by atomic mass is 32.1. The number of thiazole rings is 1. The quantitative estimate of drug-likeness (QED) is 0.577. The van der Waals surface area contributed by atoms with Crippen molar-refractivity contribution < 1.29 is 4.74 Å². The van der Waals surface area contributed by atoms with Crippen molar-refractivity contribution in [3.8, 4) is 17.0 Å². The Morgan fingerprint density at radius 1 is 1.23 bits per heavy atom. The smallest absolute Gasteiger partial charge is 0.203 e. The summed E-state index contributed by atoms with van der Waals surface area (Å²) in [6.07, 6.45) is 5.19. The Hall–Kier alpha value is -2.73. The largest absolute Gasteiger partial charge is 0.497 e. The number of methoxy groups -OCH3 is 1. The summed E-state index contributed by atoms with van der Waals surface area (Å²) in [6, 6.07) is 11.6. The summed E-state index contributed by atoms with van der Waals surface area (Å²) >= 11 is 1.50. The molecular weight excluding hydrogens is 296 g/mol. The summed E-state index contributed by atoms with van der Waals surface area (Å²) in [5.41, 5.74) is 5.83. The first kappa shape index (κ1) is 14.2. The minimum atomic E-state index is 0.739. The maximum Gasteiger partial charge on any atom is 0.203 e. The SMILES string of the molecule is COc1cccc(-c2csc(N/N=C/c3ccncc3)n2)c1. The first-order valence-electron chi connectivity index (χ1n) is 6.64. The Morgan fingerprint density at radius 2 is 2.09 bits per heavy atom. The number of nitrogens with zero attached hydrogens (tertiary/aromatic N) is 3. The Morgan fingerprint density at radius 3 is 2.91 bits per heavy atom. The molecule has 0 saturated carbocycles.